The molecule has 4 nitrogen and oxygen atoms in total. The second kappa shape index (κ2) is 6.44. The molecule has 19 heavy (non-hydrogen) atoms. The summed E-state index contributed by atoms with van der Waals surface area (Å²) in [6.45, 7) is 2.28. The predicted molar refractivity (Wildman–Crippen MR) is 73.6 cm³/mol. The molecule has 0 saturated heterocycles. The zero-order valence-corrected chi connectivity index (χ0v) is 10.8. The summed E-state index contributed by atoms with van der Waals surface area (Å²) < 4.78 is 1.79. The Hall–Kier alpha value is -2.49. The summed E-state index contributed by atoms with van der Waals surface area (Å²) in [4.78, 5) is 11.6. The van der Waals surface area contributed by atoms with E-state index in [0.717, 1.165) is 5.56 Å². The number of amides is 1. The van der Waals surface area contributed by atoms with Crippen molar-refractivity contribution < 1.29 is 9.36 Å². The van der Waals surface area contributed by atoms with Crippen LogP contribution in [0.15, 0.2) is 60.0 Å². The van der Waals surface area contributed by atoms with Crippen molar-refractivity contribution in [3.8, 4) is 0 Å². The molecule has 0 radical (unpaired) electrons. The van der Waals surface area contributed by atoms with Gasteiger partial charge in [0.1, 0.15) is 0 Å². The summed E-state index contributed by atoms with van der Waals surface area (Å²) in [5, 5.41) is 3.93. The normalized spacial score (nSPS) is 10.6. The predicted octanol–water partition coefficient (Wildman–Crippen LogP) is 1.43. The van der Waals surface area contributed by atoms with E-state index >= 15 is 0 Å². The molecule has 0 saturated carbocycles. The lowest BCUT2D eigenvalue weighted by atomic mass is 10.2. The number of nitrogens with zero attached hydrogens (tertiary/aromatic N) is 2. The minimum absolute atomic E-state index is 0.153. The lowest BCUT2D eigenvalue weighted by molar-refractivity contribution is -0.684. The average molecular weight is 254 g/mol. The highest BCUT2D eigenvalue weighted by Gasteiger charge is 2.06. The molecule has 2 rings (SSSR count). The summed E-state index contributed by atoms with van der Waals surface area (Å²) in [5.74, 6) is -0.153. The molecule has 0 aliphatic rings. The maximum absolute atomic E-state index is 11.6. The minimum Gasteiger partial charge on any atom is -0.266 e. The fraction of sp³-hybridized carbons (Fsp3) is 0.133. The first kappa shape index (κ1) is 13.0. The summed E-state index contributed by atoms with van der Waals surface area (Å²) >= 11 is 0. The number of hydrazone groups is 1. The standard InChI is InChI=1S/C15H15N3O/c1-13-5-7-14(8-6-13)11-16-17-15(19)12-18-9-3-2-4-10-18/h2-11H,12H2,1H3/p+1. The topological polar surface area (TPSA) is 45.3 Å². The largest absolute Gasteiger partial charge is 0.305 e. The van der Waals surface area contributed by atoms with Crippen LogP contribution in [0.4, 0.5) is 0 Å². The number of nitrogens with one attached hydrogen (secondary N) is 1. The fourth-order valence-electron chi connectivity index (χ4n) is 1.57. The van der Waals surface area contributed by atoms with Gasteiger partial charge in [-0.2, -0.15) is 9.67 Å². The smallest absolute Gasteiger partial charge is 0.266 e. The summed E-state index contributed by atoms with van der Waals surface area (Å²) in [6, 6.07) is 13.6. The number of carbonyl (C=O) groups excluding carboxylic acids is 1. The molecular weight excluding hydrogens is 238 g/mol. The van der Waals surface area contributed by atoms with E-state index in [4.69, 9.17) is 0 Å². The Morgan fingerprint density at radius 1 is 1.21 bits per heavy atom. The van der Waals surface area contributed by atoms with E-state index in [-0.39, 0.29) is 12.5 Å². The number of carbonyl (C=O) groups is 1. The first-order chi connectivity index (χ1) is 9.24. The van der Waals surface area contributed by atoms with E-state index in [1.807, 2.05) is 61.8 Å². The van der Waals surface area contributed by atoms with Gasteiger partial charge in [-0.05, 0) is 12.5 Å². The van der Waals surface area contributed by atoms with Gasteiger partial charge in [0.15, 0.2) is 12.4 Å². The Labute approximate surface area is 112 Å². The van der Waals surface area contributed by atoms with E-state index < -0.39 is 0 Å². The monoisotopic (exact) mass is 254 g/mol. The van der Waals surface area contributed by atoms with Crippen LogP contribution in [-0.4, -0.2) is 12.1 Å². The summed E-state index contributed by atoms with van der Waals surface area (Å²) in [7, 11) is 0. The molecule has 1 aromatic heterocycles. The van der Waals surface area contributed by atoms with E-state index in [9.17, 15) is 4.79 Å². The molecule has 1 aromatic carbocycles. The molecule has 2 aromatic rings. The van der Waals surface area contributed by atoms with Crippen molar-refractivity contribution in [1.29, 1.82) is 0 Å². The maximum Gasteiger partial charge on any atom is 0.305 e. The van der Waals surface area contributed by atoms with Crippen LogP contribution in [-0.2, 0) is 11.3 Å². The van der Waals surface area contributed by atoms with E-state index in [1.54, 1.807) is 10.8 Å². The number of aromatic nitrogens is 1. The van der Waals surface area contributed by atoms with E-state index in [0.29, 0.717) is 0 Å². The third kappa shape index (κ3) is 4.35. The zero-order valence-electron chi connectivity index (χ0n) is 10.8. The van der Waals surface area contributed by atoms with Crippen molar-refractivity contribution >= 4 is 12.1 Å². The summed E-state index contributed by atoms with van der Waals surface area (Å²) in [6.07, 6.45) is 5.31. The molecular formula is C15H16N3O+. The minimum atomic E-state index is -0.153. The van der Waals surface area contributed by atoms with Gasteiger partial charge >= 0.3 is 5.91 Å². The quantitative estimate of drug-likeness (QED) is 0.501. The van der Waals surface area contributed by atoms with Crippen LogP contribution in [0.5, 0.6) is 0 Å². The molecule has 0 fully saturated rings. The van der Waals surface area contributed by atoms with Gasteiger partial charge in [-0.15, -0.1) is 0 Å². The first-order valence-corrected chi connectivity index (χ1v) is 6.07. The van der Waals surface area contributed by atoms with Crippen LogP contribution < -0.4 is 9.99 Å². The zero-order chi connectivity index (χ0) is 13.5. The van der Waals surface area contributed by atoms with Gasteiger partial charge < -0.3 is 0 Å². The number of hydrogen-bond donors (Lipinski definition) is 1. The number of rotatable bonds is 4. The van der Waals surface area contributed by atoms with Gasteiger partial charge in [0, 0.05) is 12.1 Å². The second-order valence-electron chi connectivity index (χ2n) is 4.25. The molecule has 96 valence electrons. The SMILES string of the molecule is Cc1ccc(C=NNC(=O)C[n+]2ccccc2)cc1. The molecule has 1 N–H and O–H groups in total. The van der Waals surface area contributed by atoms with Crippen LogP contribution >= 0.6 is 0 Å². The number of hydrogen-bond acceptors (Lipinski definition) is 2. The number of benzene rings is 1. The van der Waals surface area contributed by atoms with Crippen LogP contribution in [0.1, 0.15) is 11.1 Å². The van der Waals surface area contributed by atoms with Gasteiger partial charge in [0.05, 0.1) is 6.21 Å². The van der Waals surface area contributed by atoms with Gasteiger partial charge in [0.25, 0.3) is 0 Å². The van der Waals surface area contributed by atoms with Crippen molar-refractivity contribution in [2.24, 2.45) is 5.10 Å². The highest BCUT2D eigenvalue weighted by molar-refractivity contribution is 5.81. The van der Waals surface area contributed by atoms with Gasteiger partial charge in [-0.1, -0.05) is 35.9 Å². The van der Waals surface area contributed by atoms with Crippen molar-refractivity contribution in [1.82, 2.24) is 5.43 Å². The Kier molecular flexibility index (Phi) is 4.39. The Morgan fingerprint density at radius 2 is 1.89 bits per heavy atom. The van der Waals surface area contributed by atoms with Gasteiger partial charge in [-0.25, -0.2) is 5.43 Å². The molecule has 1 amide bonds. The van der Waals surface area contributed by atoms with Crippen molar-refractivity contribution in [3.63, 3.8) is 0 Å². The third-order valence-electron chi connectivity index (χ3n) is 2.58. The molecule has 1 heterocycles. The second-order valence-corrected chi connectivity index (χ2v) is 4.25. The first-order valence-electron chi connectivity index (χ1n) is 6.07. The maximum atomic E-state index is 11.6. The van der Waals surface area contributed by atoms with Crippen LogP contribution in [0.3, 0.4) is 0 Å². The number of aryl methyl sites for hydroxylation is 1. The lowest BCUT2D eigenvalue weighted by Crippen LogP contribution is -2.40. The third-order valence-corrected chi connectivity index (χ3v) is 2.58. The molecule has 0 unspecified atom stereocenters. The molecule has 0 aliphatic heterocycles. The highest BCUT2D eigenvalue weighted by atomic mass is 16.2. The summed E-state index contributed by atoms with van der Waals surface area (Å²) in [5.41, 5.74) is 4.66. The Morgan fingerprint density at radius 3 is 2.58 bits per heavy atom. The van der Waals surface area contributed by atoms with Gasteiger partial charge in [-0.3, -0.25) is 4.79 Å². The molecule has 4 heteroatoms. The van der Waals surface area contributed by atoms with Crippen LogP contribution in [0, 0.1) is 6.92 Å². The van der Waals surface area contributed by atoms with Crippen LogP contribution in [0.2, 0.25) is 0 Å². The van der Waals surface area contributed by atoms with Gasteiger partial charge in [0.2, 0.25) is 6.54 Å². The van der Waals surface area contributed by atoms with Crippen molar-refractivity contribution in [2.45, 2.75) is 13.5 Å². The molecule has 0 aliphatic carbocycles. The Balaban J connectivity index is 1.85. The number of pyridine rings is 1. The average Bonchev–Trinajstić information content (AvgIpc) is 2.42. The van der Waals surface area contributed by atoms with Crippen molar-refractivity contribution in [2.75, 3.05) is 0 Å². The Bertz CT molecular complexity index is 562. The van der Waals surface area contributed by atoms with Crippen LogP contribution in [0.25, 0.3) is 0 Å². The van der Waals surface area contributed by atoms with E-state index in [2.05, 4.69) is 10.5 Å². The lowest BCUT2D eigenvalue weighted by Gasteiger charge is -1.97. The molecule has 0 atom stereocenters. The van der Waals surface area contributed by atoms with Crippen molar-refractivity contribution in [3.05, 3.63) is 66.0 Å². The highest BCUT2D eigenvalue weighted by Crippen LogP contribution is 1.99. The molecule has 0 spiro atoms. The molecule has 0 bridgehead atoms. The fourth-order valence-corrected chi connectivity index (χ4v) is 1.57. The van der Waals surface area contributed by atoms with E-state index in [1.165, 1.54) is 5.56 Å².